The van der Waals surface area contributed by atoms with Crippen LogP contribution in [0.5, 0.6) is 0 Å². The van der Waals surface area contributed by atoms with Gasteiger partial charge in [0.2, 0.25) is 0 Å². The van der Waals surface area contributed by atoms with Gasteiger partial charge < -0.3 is 10.2 Å². The van der Waals surface area contributed by atoms with Crippen LogP contribution in [0.1, 0.15) is 11.1 Å². The van der Waals surface area contributed by atoms with Crippen molar-refractivity contribution in [2.45, 2.75) is 12.8 Å². The molecular weight excluding hydrogens is 360 g/mol. The van der Waals surface area contributed by atoms with Crippen molar-refractivity contribution < 1.29 is 19.8 Å². The van der Waals surface area contributed by atoms with E-state index in [0.717, 1.165) is 21.6 Å². The molecule has 2 atom stereocenters. The zero-order valence-electron chi connectivity index (χ0n) is 14.6. The molecule has 0 saturated carbocycles. The second-order valence-corrected chi connectivity index (χ2v) is 7.38. The van der Waals surface area contributed by atoms with E-state index in [1.807, 2.05) is 72.1 Å². The van der Waals surface area contributed by atoms with Gasteiger partial charge in [-0.1, -0.05) is 60.7 Å². The van der Waals surface area contributed by atoms with Crippen LogP contribution >= 0.6 is 11.3 Å². The summed E-state index contributed by atoms with van der Waals surface area (Å²) >= 11 is 1.54. The molecule has 0 saturated heterocycles. The Morgan fingerprint density at radius 2 is 1.30 bits per heavy atom. The molecule has 0 radical (unpaired) electrons. The average Bonchev–Trinajstić information content (AvgIpc) is 3.14. The molecule has 0 aliphatic carbocycles. The maximum atomic E-state index is 11.9. The Kier molecular flexibility index (Phi) is 6.04. The largest absolute Gasteiger partial charge is 0.481 e. The summed E-state index contributed by atoms with van der Waals surface area (Å²) in [6, 6.07) is 21.0. The Labute approximate surface area is 161 Å². The maximum absolute atomic E-state index is 11.9. The first kappa shape index (κ1) is 18.9. The number of carbonyl (C=O) groups is 2. The van der Waals surface area contributed by atoms with Gasteiger partial charge in [-0.3, -0.25) is 9.59 Å². The Morgan fingerprint density at radius 3 is 1.85 bits per heavy atom. The first-order chi connectivity index (χ1) is 13.0. The molecule has 0 amide bonds. The highest BCUT2D eigenvalue weighted by atomic mass is 32.1. The van der Waals surface area contributed by atoms with E-state index < -0.39 is 23.8 Å². The summed E-state index contributed by atoms with van der Waals surface area (Å²) in [5.41, 5.74) is 2.75. The molecule has 5 heteroatoms. The molecule has 2 N–H and O–H groups in total. The van der Waals surface area contributed by atoms with Crippen molar-refractivity contribution in [2.24, 2.45) is 11.8 Å². The average molecular weight is 380 g/mol. The molecule has 2 aromatic carbocycles. The van der Waals surface area contributed by atoms with Gasteiger partial charge in [-0.25, -0.2) is 0 Å². The van der Waals surface area contributed by atoms with Gasteiger partial charge in [0.1, 0.15) is 0 Å². The summed E-state index contributed by atoms with van der Waals surface area (Å²) in [6.45, 7) is 0. The van der Waals surface area contributed by atoms with Gasteiger partial charge in [-0.05, 0) is 41.0 Å². The van der Waals surface area contributed by atoms with Gasteiger partial charge in [0, 0.05) is 4.88 Å². The lowest BCUT2D eigenvalue weighted by molar-refractivity contribution is -0.153. The minimum absolute atomic E-state index is 0.197. The molecule has 27 heavy (non-hydrogen) atoms. The summed E-state index contributed by atoms with van der Waals surface area (Å²) in [5, 5.41) is 21.3. The molecule has 0 bridgehead atoms. The molecule has 0 aliphatic rings. The van der Waals surface area contributed by atoms with Crippen molar-refractivity contribution >= 4 is 23.3 Å². The third kappa shape index (κ3) is 4.83. The normalized spacial score (nSPS) is 13.0. The molecule has 3 aromatic rings. The molecule has 1 heterocycles. The van der Waals surface area contributed by atoms with Crippen LogP contribution in [-0.4, -0.2) is 22.2 Å². The fourth-order valence-corrected chi connectivity index (χ4v) is 4.10. The van der Waals surface area contributed by atoms with E-state index >= 15 is 0 Å². The van der Waals surface area contributed by atoms with E-state index in [9.17, 15) is 19.8 Å². The second-order valence-electron chi connectivity index (χ2n) is 6.47. The number of aliphatic carboxylic acids is 2. The first-order valence-electron chi connectivity index (χ1n) is 8.67. The molecular formula is C22H20O4S. The molecule has 4 nitrogen and oxygen atoms in total. The molecule has 0 unspecified atom stereocenters. The summed E-state index contributed by atoms with van der Waals surface area (Å²) in [5.74, 6) is -4.12. The lowest BCUT2D eigenvalue weighted by Gasteiger charge is -2.20. The number of hydrogen-bond acceptors (Lipinski definition) is 3. The minimum Gasteiger partial charge on any atom is -0.481 e. The monoisotopic (exact) mass is 380 g/mol. The maximum Gasteiger partial charge on any atom is 0.307 e. The smallest absolute Gasteiger partial charge is 0.307 e. The number of thiophene rings is 1. The lowest BCUT2D eigenvalue weighted by Crippen LogP contribution is -2.33. The van der Waals surface area contributed by atoms with Crippen molar-refractivity contribution in [3.63, 3.8) is 0 Å². The predicted octanol–water partition coefficient (Wildman–Crippen LogP) is 4.60. The van der Waals surface area contributed by atoms with Crippen LogP contribution < -0.4 is 0 Å². The summed E-state index contributed by atoms with van der Waals surface area (Å²) in [7, 11) is 0. The Hall–Kier alpha value is -2.92. The van der Waals surface area contributed by atoms with Crippen molar-refractivity contribution in [3.05, 3.63) is 83.2 Å². The minimum atomic E-state index is -1.08. The van der Waals surface area contributed by atoms with Crippen LogP contribution in [0.2, 0.25) is 0 Å². The molecule has 0 fully saturated rings. The highest BCUT2D eigenvalue weighted by molar-refractivity contribution is 7.13. The fraction of sp³-hybridized carbons (Fsp3) is 0.182. The molecule has 3 rings (SSSR count). The van der Waals surface area contributed by atoms with Crippen molar-refractivity contribution in [2.75, 3.05) is 0 Å². The highest BCUT2D eigenvalue weighted by Crippen LogP contribution is 2.30. The van der Waals surface area contributed by atoms with Crippen LogP contribution in [0.3, 0.4) is 0 Å². The van der Waals surface area contributed by atoms with E-state index in [1.54, 1.807) is 11.3 Å². The van der Waals surface area contributed by atoms with Gasteiger partial charge in [-0.15, -0.1) is 11.3 Å². The van der Waals surface area contributed by atoms with Crippen LogP contribution in [0, 0.1) is 11.8 Å². The summed E-state index contributed by atoms with van der Waals surface area (Å²) < 4.78 is 0. The van der Waals surface area contributed by atoms with Crippen molar-refractivity contribution in [1.82, 2.24) is 0 Å². The predicted molar refractivity (Wildman–Crippen MR) is 106 cm³/mol. The van der Waals surface area contributed by atoms with Gasteiger partial charge in [-0.2, -0.15) is 0 Å². The standard InChI is InChI=1S/C22H20O4S/c23-21(24)18(11-15-7-3-1-4-8-15)19(22(25)26)12-16-13-20(27-14-16)17-9-5-2-6-10-17/h1-10,13-14,18-19H,11-12H2,(H,23,24)(H,25,26)/t18-,19-/m0/s1. The van der Waals surface area contributed by atoms with Crippen LogP contribution in [0.4, 0.5) is 0 Å². The van der Waals surface area contributed by atoms with E-state index in [-0.39, 0.29) is 12.8 Å². The quantitative estimate of drug-likeness (QED) is 0.599. The van der Waals surface area contributed by atoms with Crippen molar-refractivity contribution in [3.8, 4) is 10.4 Å². The Morgan fingerprint density at radius 1 is 0.778 bits per heavy atom. The molecule has 0 spiro atoms. The number of rotatable bonds is 8. The van der Waals surface area contributed by atoms with E-state index in [4.69, 9.17) is 0 Å². The number of carboxylic acid groups (broad SMARTS) is 2. The summed E-state index contributed by atoms with van der Waals surface area (Å²) in [6.07, 6.45) is 0.394. The van der Waals surface area contributed by atoms with E-state index in [2.05, 4.69) is 0 Å². The van der Waals surface area contributed by atoms with Gasteiger partial charge >= 0.3 is 11.9 Å². The van der Waals surface area contributed by atoms with E-state index in [0.29, 0.717) is 0 Å². The van der Waals surface area contributed by atoms with Crippen molar-refractivity contribution in [1.29, 1.82) is 0 Å². The Balaban J connectivity index is 1.81. The highest BCUT2D eigenvalue weighted by Gasteiger charge is 2.34. The van der Waals surface area contributed by atoms with E-state index in [1.165, 1.54) is 0 Å². The number of carboxylic acids is 2. The second kappa shape index (κ2) is 8.64. The molecule has 1 aromatic heterocycles. The SMILES string of the molecule is O=C(O)[C@@H](Cc1ccccc1)[C@H](Cc1csc(-c2ccccc2)c1)C(=O)O. The lowest BCUT2D eigenvalue weighted by atomic mass is 9.83. The number of hydrogen-bond donors (Lipinski definition) is 2. The third-order valence-corrected chi connectivity index (χ3v) is 5.61. The van der Waals surface area contributed by atoms with Gasteiger partial charge in [0.15, 0.2) is 0 Å². The van der Waals surface area contributed by atoms with Crippen LogP contribution in [-0.2, 0) is 22.4 Å². The topological polar surface area (TPSA) is 74.6 Å². The molecule has 0 aliphatic heterocycles. The van der Waals surface area contributed by atoms with Gasteiger partial charge in [0.05, 0.1) is 11.8 Å². The zero-order valence-corrected chi connectivity index (χ0v) is 15.4. The first-order valence-corrected chi connectivity index (χ1v) is 9.55. The van der Waals surface area contributed by atoms with Crippen LogP contribution in [0.25, 0.3) is 10.4 Å². The third-order valence-electron chi connectivity index (χ3n) is 4.59. The molecule has 138 valence electrons. The Bertz CT molecular complexity index is 902. The summed E-state index contributed by atoms with van der Waals surface area (Å²) in [4.78, 5) is 24.7. The van der Waals surface area contributed by atoms with Crippen LogP contribution in [0.15, 0.2) is 72.1 Å². The number of benzene rings is 2. The van der Waals surface area contributed by atoms with Gasteiger partial charge in [0.25, 0.3) is 0 Å². The zero-order chi connectivity index (χ0) is 19.2. The fourth-order valence-electron chi connectivity index (χ4n) is 3.16.